The maximum Gasteiger partial charge on any atom is 0.164 e. The Morgan fingerprint density at radius 1 is 0.178 bits per heavy atom. The summed E-state index contributed by atoms with van der Waals surface area (Å²) in [5, 5.41) is 12.8. The zero-order valence-electron chi connectivity index (χ0n) is 47.6. The Labute approximate surface area is 510 Å². The number of benzene rings is 12. The van der Waals surface area contributed by atoms with E-state index in [9.17, 15) is 0 Å². The number of nitrogens with zero attached hydrogens (tertiary/aromatic N) is 4. The molecule has 0 aliphatic heterocycles. The highest BCUT2D eigenvalue weighted by Crippen LogP contribution is 2.43. The van der Waals surface area contributed by atoms with E-state index in [1.54, 1.807) is 0 Å². The van der Waals surface area contributed by atoms with Gasteiger partial charge in [-0.05, 0) is 103 Å². The van der Waals surface area contributed by atoms with E-state index in [4.69, 9.17) is 46.4 Å². The van der Waals surface area contributed by atoms with Crippen molar-refractivity contribution in [3.8, 4) is 67.8 Å². The Morgan fingerprint density at radius 2 is 0.456 bits per heavy atom. The summed E-state index contributed by atoms with van der Waals surface area (Å²) in [6, 6.07) is 90.0. The summed E-state index contributed by atoms with van der Waals surface area (Å²) in [6.07, 6.45) is 0. The van der Waals surface area contributed by atoms with Crippen molar-refractivity contribution >= 4 is 132 Å². The maximum absolute atomic E-state index is 6.45. The van der Waals surface area contributed by atoms with Gasteiger partial charge in [0.25, 0.3) is 0 Å². The fourth-order valence-electron chi connectivity index (χ4n) is 13.2. The van der Waals surface area contributed by atoms with Gasteiger partial charge in [0.1, 0.15) is 67.0 Å². The van der Waals surface area contributed by atoms with Crippen LogP contribution in [0.2, 0.25) is 0 Å². The summed E-state index contributed by atoms with van der Waals surface area (Å²) in [5.41, 5.74) is 18.4. The van der Waals surface area contributed by atoms with Crippen molar-refractivity contribution in [2.75, 3.05) is 0 Å². The van der Waals surface area contributed by atoms with Crippen LogP contribution in [0.15, 0.2) is 293 Å². The second kappa shape index (κ2) is 19.6. The molecule has 12 aromatic carbocycles. The van der Waals surface area contributed by atoms with Gasteiger partial charge >= 0.3 is 0 Å². The summed E-state index contributed by atoms with van der Waals surface area (Å²) in [6.45, 7) is 0. The first-order valence-electron chi connectivity index (χ1n) is 29.8. The highest BCUT2D eigenvalue weighted by molar-refractivity contribution is 6.14. The van der Waals surface area contributed by atoms with Crippen molar-refractivity contribution in [3.63, 3.8) is 0 Å². The molecule has 20 aromatic rings. The van der Waals surface area contributed by atoms with E-state index in [1.165, 1.54) is 0 Å². The summed E-state index contributed by atoms with van der Waals surface area (Å²) in [4.78, 5) is 20.6. The third-order valence-corrected chi connectivity index (χ3v) is 17.4. The van der Waals surface area contributed by atoms with Crippen molar-refractivity contribution in [3.05, 3.63) is 267 Å². The van der Waals surface area contributed by atoms with E-state index >= 15 is 0 Å². The van der Waals surface area contributed by atoms with Crippen LogP contribution in [0, 0.1) is 0 Å². The fourth-order valence-corrected chi connectivity index (χ4v) is 13.2. The van der Waals surface area contributed by atoms with Crippen LogP contribution in [0.3, 0.4) is 0 Å². The van der Waals surface area contributed by atoms with Gasteiger partial charge in [0.05, 0.1) is 28.3 Å². The van der Waals surface area contributed by atoms with Crippen molar-refractivity contribution in [1.82, 2.24) is 19.9 Å². The number of aromatic nitrogens is 4. The summed E-state index contributed by atoms with van der Waals surface area (Å²) in [5.74, 6) is 1.17. The first-order valence-corrected chi connectivity index (χ1v) is 29.8. The summed E-state index contributed by atoms with van der Waals surface area (Å²) in [7, 11) is 0. The summed E-state index contributed by atoms with van der Waals surface area (Å²) >= 11 is 0. The molecule has 0 unspecified atom stereocenters. The summed E-state index contributed by atoms with van der Waals surface area (Å²) < 4.78 is 38.0. The lowest BCUT2D eigenvalue weighted by Gasteiger charge is -2.10. The minimum Gasteiger partial charge on any atom is -0.456 e. The molecule has 0 N–H and O–H groups in total. The SMILES string of the molecule is c1ccc2c(c1)oc1c(-c3cc(-c4cccc5c4oc4ccccc45)nc(-c4cccc5c4oc4ccccc45)n3)cccc12.c1ccc2c(c1)oc1cc(-c3cc(-c4ccc5c(c4)oc4ccccc45)nc(-c4ccc5c(c4)oc4ccccc45)n3)ccc12. The van der Waals surface area contributed by atoms with E-state index in [1.807, 2.05) is 140 Å². The molecule has 0 spiro atoms. The molecule has 0 saturated carbocycles. The molecule has 0 aliphatic carbocycles. The molecule has 0 saturated heterocycles. The van der Waals surface area contributed by atoms with Gasteiger partial charge in [-0.3, -0.25) is 0 Å². The van der Waals surface area contributed by atoms with Gasteiger partial charge < -0.3 is 26.5 Å². The standard InChI is InChI=1S/2C40H22N2O3/c1-4-19-34-23(10-1)26-13-7-16-29(37(26)43-34)32-22-33(30-17-8-14-27-24-11-2-5-20-35(24)44-38(27)30)42-40(41-32)31-18-9-15-28-25-12-3-6-21-36(25)45-39(28)31;1-4-10-34-26(7-1)29-16-13-23(19-37(29)43-34)32-22-33(24-14-17-30-27-8-2-5-11-35(27)44-38(30)20-24)42-40(41-32)25-15-18-31-28-9-3-6-12-36(28)45-39(31)21-25/h2*1-22H. The Hall–Kier alpha value is -12.4. The van der Waals surface area contributed by atoms with Gasteiger partial charge in [0, 0.05) is 92.5 Å². The molecule has 0 atom stereocenters. The van der Waals surface area contributed by atoms with E-state index in [0.717, 1.165) is 188 Å². The first-order chi connectivity index (χ1) is 44.5. The molecule has 8 heterocycles. The van der Waals surface area contributed by atoms with Gasteiger partial charge in [-0.25, -0.2) is 19.9 Å². The van der Waals surface area contributed by atoms with Crippen LogP contribution >= 0.6 is 0 Å². The predicted octanol–water partition coefficient (Wildman–Crippen LogP) is 22.4. The van der Waals surface area contributed by atoms with Crippen LogP contribution in [0.25, 0.3) is 199 Å². The Balaban J connectivity index is 0.000000130. The van der Waals surface area contributed by atoms with Crippen LogP contribution in [-0.2, 0) is 0 Å². The van der Waals surface area contributed by atoms with Crippen LogP contribution < -0.4 is 0 Å². The van der Waals surface area contributed by atoms with Gasteiger partial charge in [-0.1, -0.05) is 164 Å². The molecule has 0 bridgehead atoms. The van der Waals surface area contributed by atoms with Crippen molar-refractivity contribution in [2.45, 2.75) is 0 Å². The lowest BCUT2D eigenvalue weighted by atomic mass is 10.0. The Kier molecular flexibility index (Phi) is 10.8. The fraction of sp³-hybridized carbons (Fsp3) is 0. The maximum atomic E-state index is 6.45. The average molecular weight is 1160 g/mol. The zero-order chi connectivity index (χ0) is 59.0. The molecule has 0 fully saturated rings. The molecular formula is C80H44N4O6. The molecule has 90 heavy (non-hydrogen) atoms. The van der Waals surface area contributed by atoms with Crippen LogP contribution in [0.4, 0.5) is 0 Å². The van der Waals surface area contributed by atoms with Gasteiger partial charge in [-0.15, -0.1) is 0 Å². The highest BCUT2D eigenvalue weighted by atomic mass is 16.3. The van der Waals surface area contributed by atoms with E-state index in [-0.39, 0.29) is 0 Å². The number of hydrogen-bond acceptors (Lipinski definition) is 10. The average Bonchev–Trinajstić information content (AvgIpc) is 2.11. The molecule has 0 radical (unpaired) electrons. The third-order valence-electron chi connectivity index (χ3n) is 17.4. The number of furan rings is 6. The Bertz CT molecular complexity index is 5700. The number of fused-ring (bicyclic) bond motifs is 18. The second-order valence-electron chi connectivity index (χ2n) is 22.7. The predicted molar refractivity (Wildman–Crippen MR) is 360 cm³/mol. The second-order valence-corrected chi connectivity index (χ2v) is 22.7. The minimum atomic E-state index is 0.563. The molecule has 8 aromatic heterocycles. The number of hydrogen-bond donors (Lipinski definition) is 0. The lowest BCUT2D eigenvalue weighted by molar-refractivity contribution is 0.668. The third kappa shape index (κ3) is 7.91. The highest BCUT2D eigenvalue weighted by Gasteiger charge is 2.23. The molecule has 420 valence electrons. The molecule has 10 nitrogen and oxygen atoms in total. The van der Waals surface area contributed by atoms with Gasteiger partial charge in [-0.2, -0.15) is 0 Å². The minimum absolute atomic E-state index is 0.563. The topological polar surface area (TPSA) is 130 Å². The molecular weight excluding hydrogens is 1110 g/mol. The van der Waals surface area contributed by atoms with Crippen molar-refractivity contribution < 1.29 is 26.5 Å². The largest absolute Gasteiger partial charge is 0.456 e. The smallest absolute Gasteiger partial charge is 0.164 e. The molecule has 0 aliphatic rings. The number of para-hydroxylation sites is 9. The van der Waals surface area contributed by atoms with E-state index in [0.29, 0.717) is 11.6 Å². The first kappa shape index (κ1) is 49.8. The molecule has 10 heteroatoms. The lowest BCUT2D eigenvalue weighted by Crippen LogP contribution is -1.96. The van der Waals surface area contributed by atoms with E-state index in [2.05, 4.69) is 127 Å². The normalized spacial score (nSPS) is 12.0. The zero-order valence-corrected chi connectivity index (χ0v) is 47.6. The Morgan fingerprint density at radius 3 is 0.856 bits per heavy atom. The van der Waals surface area contributed by atoms with E-state index < -0.39 is 0 Å². The van der Waals surface area contributed by atoms with Gasteiger partial charge in [0.2, 0.25) is 0 Å². The van der Waals surface area contributed by atoms with Crippen molar-refractivity contribution in [1.29, 1.82) is 0 Å². The number of rotatable bonds is 6. The van der Waals surface area contributed by atoms with Crippen LogP contribution in [0.5, 0.6) is 0 Å². The van der Waals surface area contributed by atoms with Crippen molar-refractivity contribution in [2.24, 2.45) is 0 Å². The monoisotopic (exact) mass is 1160 g/mol. The quantitative estimate of drug-likeness (QED) is 0.159. The van der Waals surface area contributed by atoms with Crippen LogP contribution in [0.1, 0.15) is 0 Å². The molecule has 20 rings (SSSR count). The van der Waals surface area contributed by atoms with Crippen LogP contribution in [-0.4, -0.2) is 19.9 Å². The molecule has 0 amide bonds. The van der Waals surface area contributed by atoms with Gasteiger partial charge in [0.15, 0.2) is 11.6 Å².